The van der Waals surface area contributed by atoms with Crippen molar-refractivity contribution in [2.45, 2.75) is 26.8 Å². The Kier molecular flexibility index (Phi) is 4.50. The highest BCUT2D eigenvalue weighted by Crippen LogP contribution is 2.20. The first kappa shape index (κ1) is 15.5. The highest BCUT2D eigenvalue weighted by Gasteiger charge is 2.36. The van der Waals surface area contributed by atoms with Crippen molar-refractivity contribution in [2.75, 3.05) is 45.8 Å². The third-order valence-corrected chi connectivity index (χ3v) is 4.99. The first-order chi connectivity index (χ1) is 10.6. The Balaban J connectivity index is 1.53. The van der Waals surface area contributed by atoms with Gasteiger partial charge in [0.1, 0.15) is 0 Å². The summed E-state index contributed by atoms with van der Waals surface area (Å²) in [7, 11) is 0. The van der Waals surface area contributed by atoms with Crippen LogP contribution in [0.5, 0.6) is 0 Å². The van der Waals surface area contributed by atoms with Crippen LogP contribution in [-0.2, 0) is 0 Å². The fourth-order valence-corrected chi connectivity index (χ4v) is 3.58. The van der Waals surface area contributed by atoms with E-state index in [4.69, 9.17) is 0 Å². The van der Waals surface area contributed by atoms with Crippen molar-refractivity contribution in [1.29, 1.82) is 0 Å². The molecule has 2 saturated heterocycles. The second kappa shape index (κ2) is 6.39. The Hall–Kier alpha value is -1.39. The highest BCUT2D eigenvalue weighted by molar-refractivity contribution is 5.95. The number of carbonyl (C=O) groups excluding carboxylic acids is 1. The second-order valence-electron chi connectivity index (χ2n) is 6.71. The molecule has 1 amide bonds. The molecule has 0 unspecified atom stereocenters. The Morgan fingerprint density at radius 3 is 2.18 bits per heavy atom. The minimum absolute atomic E-state index is 0.190. The molecule has 3 rings (SSSR count). The van der Waals surface area contributed by atoms with Crippen LogP contribution in [0, 0.1) is 13.8 Å². The number of piperazine rings is 1. The summed E-state index contributed by atoms with van der Waals surface area (Å²) in [4.78, 5) is 19.6. The lowest BCUT2D eigenvalue weighted by Crippen LogP contribution is -2.64. The van der Waals surface area contributed by atoms with Gasteiger partial charge in [-0.05, 0) is 32.5 Å². The van der Waals surface area contributed by atoms with Gasteiger partial charge in [-0.2, -0.15) is 0 Å². The van der Waals surface area contributed by atoms with E-state index in [9.17, 15) is 4.79 Å². The van der Waals surface area contributed by atoms with Gasteiger partial charge in [-0.1, -0.05) is 24.1 Å². The first-order valence-electron chi connectivity index (χ1n) is 8.41. The van der Waals surface area contributed by atoms with Crippen LogP contribution >= 0.6 is 0 Å². The lowest BCUT2D eigenvalue weighted by atomic mass is 10.0. The standard InChI is InChI=1S/C18H27N3O/c1-4-19-5-7-20(8-6-19)17-12-21(13-17)18(22)16-10-14(2)9-15(3)11-16/h9-11,17H,4-8,12-13H2,1-3H3. The predicted molar refractivity (Wildman–Crippen MR) is 89.3 cm³/mol. The second-order valence-corrected chi connectivity index (χ2v) is 6.71. The van der Waals surface area contributed by atoms with Gasteiger partial charge in [0, 0.05) is 50.9 Å². The smallest absolute Gasteiger partial charge is 0.253 e. The van der Waals surface area contributed by atoms with Crippen molar-refractivity contribution in [1.82, 2.24) is 14.7 Å². The molecule has 2 fully saturated rings. The summed E-state index contributed by atoms with van der Waals surface area (Å²) >= 11 is 0. The predicted octanol–water partition coefficient (Wildman–Crippen LogP) is 1.77. The maximum atomic E-state index is 12.6. The maximum absolute atomic E-state index is 12.6. The van der Waals surface area contributed by atoms with Gasteiger partial charge in [-0.15, -0.1) is 0 Å². The summed E-state index contributed by atoms with van der Waals surface area (Å²) in [6.07, 6.45) is 0. The van der Waals surface area contributed by atoms with Crippen LogP contribution in [0.25, 0.3) is 0 Å². The minimum atomic E-state index is 0.190. The Bertz CT molecular complexity index is 523. The molecule has 0 bridgehead atoms. The maximum Gasteiger partial charge on any atom is 0.253 e. The normalized spacial score (nSPS) is 21.0. The van der Waals surface area contributed by atoms with E-state index in [1.807, 2.05) is 17.0 Å². The molecule has 1 aromatic carbocycles. The van der Waals surface area contributed by atoms with Crippen molar-refractivity contribution in [3.05, 3.63) is 34.9 Å². The van der Waals surface area contributed by atoms with Gasteiger partial charge in [0.15, 0.2) is 0 Å². The molecule has 0 N–H and O–H groups in total. The van der Waals surface area contributed by atoms with Gasteiger partial charge in [0.2, 0.25) is 0 Å². The molecule has 2 aliphatic heterocycles. The largest absolute Gasteiger partial charge is 0.335 e. The summed E-state index contributed by atoms with van der Waals surface area (Å²) in [6.45, 7) is 13.9. The molecule has 0 spiro atoms. The molecular weight excluding hydrogens is 274 g/mol. The molecule has 0 radical (unpaired) electrons. The fourth-order valence-electron chi connectivity index (χ4n) is 3.58. The van der Waals surface area contributed by atoms with Crippen LogP contribution in [0.15, 0.2) is 18.2 Å². The third-order valence-electron chi connectivity index (χ3n) is 4.99. The molecule has 2 aliphatic rings. The number of likely N-dealkylation sites (N-methyl/N-ethyl adjacent to an activating group) is 1. The van der Waals surface area contributed by atoms with Gasteiger partial charge in [-0.3, -0.25) is 9.69 Å². The summed E-state index contributed by atoms with van der Waals surface area (Å²) in [5.74, 6) is 0.190. The zero-order chi connectivity index (χ0) is 15.7. The van der Waals surface area contributed by atoms with E-state index in [1.54, 1.807) is 0 Å². The number of hydrogen-bond donors (Lipinski definition) is 0. The zero-order valence-corrected chi connectivity index (χ0v) is 14.0. The number of likely N-dealkylation sites (tertiary alicyclic amines) is 1. The minimum Gasteiger partial charge on any atom is -0.335 e. The number of carbonyl (C=O) groups is 1. The summed E-state index contributed by atoms with van der Waals surface area (Å²) in [5.41, 5.74) is 3.17. The summed E-state index contributed by atoms with van der Waals surface area (Å²) < 4.78 is 0. The summed E-state index contributed by atoms with van der Waals surface area (Å²) in [5, 5.41) is 0. The van der Waals surface area contributed by atoms with E-state index in [0.29, 0.717) is 6.04 Å². The van der Waals surface area contributed by atoms with Crippen molar-refractivity contribution in [3.8, 4) is 0 Å². The fraction of sp³-hybridized carbons (Fsp3) is 0.611. The SMILES string of the molecule is CCN1CCN(C2CN(C(=O)c3cc(C)cc(C)c3)C2)CC1. The van der Waals surface area contributed by atoms with Crippen LogP contribution in [0.3, 0.4) is 0 Å². The van der Waals surface area contributed by atoms with Crippen molar-refractivity contribution >= 4 is 5.91 Å². The van der Waals surface area contributed by atoms with Crippen molar-refractivity contribution in [2.24, 2.45) is 0 Å². The van der Waals surface area contributed by atoms with Gasteiger partial charge in [0.05, 0.1) is 0 Å². The van der Waals surface area contributed by atoms with Gasteiger partial charge in [0.25, 0.3) is 5.91 Å². The van der Waals surface area contributed by atoms with Crippen LogP contribution < -0.4 is 0 Å². The van der Waals surface area contributed by atoms with E-state index >= 15 is 0 Å². The number of hydrogen-bond acceptors (Lipinski definition) is 3. The topological polar surface area (TPSA) is 26.8 Å². The molecule has 120 valence electrons. The Morgan fingerprint density at radius 2 is 1.64 bits per heavy atom. The molecule has 0 aromatic heterocycles. The van der Waals surface area contributed by atoms with E-state index in [1.165, 1.54) is 0 Å². The van der Waals surface area contributed by atoms with E-state index in [-0.39, 0.29) is 5.91 Å². The Morgan fingerprint density at radius 1 is 1.05 bits per heavy atom. The number of amides is 1. The van der Waals surface area contributed by atoms with Gasteiger partial charge < -0.3 is 9.80 Å². The number of benzene rings is 1. The monoisotopic (exact) mass is 301 g/mol. The molecule has 4 nitrogen and oxygen atoms in total. The first-order valence-corrected chi connectivity index (χ1v) is 8.41. The molecule has 0 saturated carbocycles. The van der Waals surface area contributed by atoms with Gasteiger partial charge >= 0.3 is 0 Å². The number of rotatable bonds is 3. The molecule has 4 heteroatoms. The average molecular weight is 301 g/mol. The van der Waals surface area contributed by atoms with Crippen LogP contribution in [-0.4, -0.2) is 72.5 Å². The third kappa shape index (κ3) is 3.18. The lowest BCUT2D eigenvalue weighted by molar-refractivity contribution is 0.00839. The van der Waals surface area contributed by atoms with Crippen molar-refractivity contribution < 1.29 is 4.79 Å². The highest BCUT2D eigenvalue weighted by atomic mass is 16.2. The molecule has 2 heterocycles. The molecule has 0 aliphatic carbocycles. The molecule has 1 aromatic rings. The molecular formula is C18H27N3O. The van der Waals surface area contributed by atoms with E-state index in [0.717, 1.165) is 62.5 Å². The van der Waals surface area contributed by atoms with Crippen molar-refractivity contribution in [3.63, 3.8) is 0 Å². The van der Waals surface area contributed by atoms with Gasteiger partial charge in [-0.25, -0.2) is 0 Å². The van der Waals surface area contributed by atoms with Crippen LogP contribution in [0.1, 0.15) is 28.4 Å². The zero-order valence-electron chi connectivity index (χ0n) is 14.0. The lowest BCUT2D eigenvalue weighted by Gasteiger charge is -2.48. The quantitative estimate of drug-likeness (QED) is 0.851. The van der Waals surface area contributed by atoms with Crippen LogP contribution in [0.4, 0.5) is 0 Å². The molecule has 0 atom stereocenters. The molecule has 22 heavy (non-hydrogen) atoms. The number of nitrogens with zero attached hydrogens (tertiary/aromatic N) is 3. The Labute approximate surface area is 133 Å². The van der Waals surface area contributed by atoms with Crippen LogP contribution in [0.2, 0.25) is 0 Å². The summed E-state index contributed by atoms with van der Waals surface area (Å²) in [6, 6.07) is 6.68. The van der Waals surface area contributed by atoms with E-state index in [2.05, 4.69) is 36.6 Å². The number of aryl methyl sites for hydroxylation is 2. The van der Waals surface area contributed by atoms with E-state index < -0.39 is 0 Å². The average Bonchev–Trinajstić information content (AvgIpc) is 2.45.